The van der Waals surface area contributed by atoms with E-state index in [0.717, 1.165) is 11.3 Å². The second-order valence-electron chi connectivity index (χ2n) is 10.5. The molecule has 3 atom stereocenters. The molecule has 1 aliphatic rings. The Morgan fingerprint density at radius 1 is 1.05 bits per heavy atom. The Morgan fingerprint density at radius 2 is 1.83 bits per heavy atom. The fourth-order valence-electron chi connectivity index (χ4n) is 4.53. The lowest BCUT2D eigenvalue weighted by Crippen LogP contribution is -2.56. The van der Waals surface area contributed by atoms with E-state index in [0.29, 0.717) is 37.8 Å². The number of aromatic nitrogens is 2. The number of hydrogen-bond acceptors (Lipinski definition) is 7. The van der Waals surface area contributed by atoms with Crippen molar-refractivity contribution in [2.45, 2.75) is 64.6 Å². The molecule has 1 aromatic carbocycles. The molecule has 0 fully saturated rings. The predicted octanol–water partition coefficient (Wildman–Crippen LogP) is 2.63. The van der Waals surface area contributed by atoms with Crippen LogP contribution in [0.25, 0.3) is 0 Å². The normalized spacial score (nSPS) is 20.6. The lowest BCUT2D eigenvalue weighted by atomic mass is 10.00. The summed E-state index contributed by atoms with van der Waals surface area (Å²) in [7, 11) is 0. The highest BCUT2D eigenvalue weighted by Gasteiger charge is 2.32. The van der Waals surface area contributed by atoms with Gasteiger partial charge in [0.1, 0.15) is 24.4 Å². The van der Waals surface area contributed by atoms with Gasteiger partial charge in [0.2, 0.25) is 17.7 Å². The summed E-state index contributed by atoms with van der Waals surface area (Å²) in [6.45, 7) is 5.82. The predicted molar refractivity (Wildman–Crippen MR) is 151 cm³/mol. The number of fused-ring (bicyclic) bond motifs is 2. The zero-order valence-electron chi connectivity index (χ0n) is 23.5. The van der Waals surface area contributed by atoms with Crippen molar-refractivity contribution >= 4 is 23.6 Å². The topological polar surface area (TPSA) is 155 Å². The molecule has 3 aromatic rings. The average Bonchev–Trinajstić information content (AvgIpc) is 3.45. The van der Waals surface area contributed by atoms with E-state index in [-0.39, 0.29) is 17.5 Å². The van der Waals surface area contributed by atoms with Crippen LogP contribution in [0.3, 0.4) is 0 Å². The molecule has 4 N–H and O–H groups in total. The zero-order chi connectivity index (χ0) is 29.4. The van der Waals surface area contributed by atoms with Gasteiger partial charge in [-0.3, -0.25) is 24.2 Å². The first-order chi connectivity index (χ1) is 19.7. The largest absolute Gasteiger partial charge is 0.446 e. The molecular formula is C30H36N6O5. The number of rotatable bonds is 5. The third kappa shape index (κ3) is 8.00. The SMILES string of the molecule is Cc1ccc(C(=O)N[C@H]2CCCCNC(=O)c3coc(n3)[C@@H](Cc3ccccc3)NC(=O)[C@H](C(C)C)NC2=O)cn1. The number of hydrogen-bond donors (Lipinski definition) is 4. The molecule has 11 heteroatoms. The lowest BCUT2D eigenvalue weighted by Gasteiger charge is -2.27. The van der Waals surface area contributed by atoms with Gasteiger partial charge in [0.05, 0.1) is 5.56 Å². The van der Waals surface area contributed by atoms with E-state index in [1.807, 2.05) is 51.1 Å². The minimum atomic E-state index is -0.896. The van der Waals surface area contributed by atoms with Crippen molar-refractivity contribution in [2.24, 2.45) is 5.92 Å². The molecule has 0 saturated carbocycles. The Labute approximate surface area is 238 Å². The van der Waals surface area contributed by atoms with Crippen molar-refractivity contribution in [3.8, 4) is 0 Å². The minimum Gasteiger partial charge on any atom is -0.446 e. The zero-order valence-corrected chi connectivity index (χ0v) is 23.5. The van der Waals surface area contributed by atoms with Crippen LogP contribution in [0.5, 0.6) is 0 Å². The molecular weight excluding hydrogens is 524 g/mol. The monoisotopic (exact) mass is 560 g/mol. The van der Waals surface area contributed by atoms with Gasteiger partial charge in [-0.25, -0.2) is 4.98 Å². The van der Waals surface area contributed by atoms with Gasteiger partial charge in [-0.05, 0) is 49.8 Å². The quantitative estimate of drug-likeness (QED) is 0.374. The molecule has 0 saturated heterocycles. The Bertz CT molecular complexity index is 1360. The van der Waals surface area contributed by atoms with Crippen LogP contribution in [-0.4, -0.2) is 52.2 Å². The number of carbonyl (C=O) groups is 4. The molecule has 0 unspecified atom stereocenters. The van der Waals surface area contributed by atoms with Crippen LogP contribution in [-0.2, 0) is 16.0 Å². The second kappa shape index (κ2) is 13.7. The summed E-state index contributed by atoms with van der Waals surface area (Å²) in [6, 6.07) is 10.4. The molecule has 0 spiro atoms. The molecule has 2 bridgehead atoms. The highest BCUT2D eigenvalue weighted by atomic mass is 16.3. The van der Waals surface area contributed by atoms with Crippen LogP contribution in [0.2, 0.25) is 0 Å². The highest BCUT2D eigenvalue weighted by molar-refractivity contribution is 5.98. The van der Waals surface area contributed by atoms with Crippen LogP contribution in [0.1, 0.15) is 77.1 Å². The van der Waals surface area contributed by atoms with Crippen molar-refractivity contribution in [1.29, 1.82) is 0 Å². The van der Waals surface area contributed by atoms with Gasteiger partial charge in [0.25, 0.3) is 11.8 Å². The molecule has 216 valence electrons. The number of nitrogens with one attached hydrogen (secondary N) is 4. The summed E-state index contributed by atoms with van der Waals surface area (Å²) >= 11 is 0. The van der Waals surface area contributed by atoms with Crippen molar-refractivity contribution in [3.63, 3.8) is 0 Å². The van der Waals surface area contributed by atoms with E-state index >= 15 is 0 Å². The third-order valence-corrected chi connectivity index (χ3v) is 6.90. The second-order valence-corrected chi connectivity index (χ2v) is 10.5. The Hall–Kier alpha value is -4.54. The molecule has 1 aliphatic heterocycles. The van der Waals surface area contributed by atoms with Gasteiger partial charge in [0.15, 0.2) is 5.69 Å². The summed E-state index contributed by atoms with van der Waals surface area (Å²) in [6.07, 6.45) is 4.50. The number of aryl methyl sites for hydroxylation is 1. The summed E-state index contributed by atoms with van der Waals surface area (Å²) in [5.74, 6) is -1.82. The third-order valence-electron chi connectivity index (χ3n) is 6.90. The fraction of sp³-hybridized carbons (Fsp3) is 0.400. The standard InChI is InChI=1S/C30H36N6O5/c1-18(2)25-29(40)34-23(15-20-9-5-4-6-10-20)30-35-24(17-41-30)27(38)31-14-8-7-11-22(28(39)36-25)33-26(37)21-13-12-19(3)32-16-21/h4-6,9-10,12-13,16-18,22-23,25H,7-8,11,14-15H2,1-3H3,(H,31,38)(H,33,37)(H,34,40)(H,36,39)/t22-,23+,25-/m0/s1. The number of pyridine rings is 1. The fourth-order valence-corrected chi connectivity index (χ4v) is 4.53. The summed E-state index contributed by atoms with van der Waals surface area (Å²) in [4.78, 5) is 61.2. The number of amides is 4. The van der Waals surface area contributed by atoms with Crippen molar-refractivity contribution in [3.05, 3.63) is 83.3 Å². The Kier molecular flexibility index (Phi) is 9.83. The van der Waals surface area contributed by atoms with E-state index < -0.39 is 41.8 Å². The van der Waals surface area contributed by atoms with Crippen LogP contribution in [0, 0.1) is 12.8 Å². The summed E-state index contributed by atoms with van der Waals surface area (Å²) in [5.41, 5.74) is 2.14. The van der Waals surface area contributed by atoms with Crippen LogP contribution >= 0.6 is 0 Å². The van der Waals surface area contributed by atoms with Crippen molar-refractivity contribution in [1.82, 2.24) is 31.2 Å². The molecule has 2 aromatic heterocycles. The van der Waals surface area contributed by atoms with Crippen LogP contribution in [0.15, 0.2) is 59.3 Å². The molecule has 3 heterocycles. The van der Waals surface area contributed by atoms with Crippen LogP contribution in [0.4, 0.5) is 0 Å². The first-order valence-electron chi connectivity index (χ1n) is 13.8. The molecule has 0 radical (unpaired) electrons. The maximum atomic E-state index is 13.6. The molecule has 11 nitrogen and oxygen atoms in total. The Morgan fingerprint density at radius 3 is 2.54 bits per heavy atom. The van der Waals surface area contributed by atoms with Gasteiger partial charge in [-0.15, -0.1) is 0 Å². The number of benzene rings is 1. The summed E-state index contributed by atoms with van der Waals surface area (Å²) < 4.78 is 5.64. The van der Waals surface area contributed by atoms with Gasteiger partial charge in [-0.2, -0.15) is 0 Å². The first kappa shape index (κ1) is 29.4. The smallest absolute Gasteiger partial charge is 0.273 e. The van der Waals surface area contributed by atoms with E-state index in [4.69, 9.17) is 4.42 Å². The minimum absolute atomic E-state index is 0.116. The van der Waals surface area contributed by atoms with Gasteiger partial charge < -0.3 is 25.7 Å². The van der Waals surface area contributed by atoms with E-state index in [9.17, 15) is 19.2 Å². The van der Waals surface area contributed by atoms with Gasteiger partial charge >= 0.3 is 0 Å². The summed E-state index contributed by atoms with van der Waals surface area (Å²) in [5, 5.41) is 11.4. The average molecular weight is 561 g/mol. The Balaban J connectivity index is 1.59. The molecule has 4 amide bonds. The molecule has 4 rings (SSSR count). The highest BCUT2D eigenvalue weighted by Crippen LogP contribution is 2.20. The van der Waals surface area contributed by atoms with E-state index in [1.165, 1.54) is 12.5 Å². The lowest BCUT2D eigenvalue weighted by molar-refractivity contribution is -0.131. The maximum Gasteiger partial charge on any atom is 0.273 e. The molecule has 41 heavy (non-hydrogen) atoms. The van der Waals surface area contributed by atoms with Gasteiger partial charge in [0, 0.05) is 24.9 Å². The number of carbonyl (C=O) groups excluding carboxylic acids is 4. The van der Waals surface area contributed by atoms with Crippen molar-refractivity contribution in [2.75, 3.05) is 6.54 Å². The van der Waals surface area contributed by atoms with E-state index in [1.54, 1.807) is 12.1 Å². The van der Waals surface area contributed by atoms with Crippen LogP contribution < -0.4 is 21.3 Å². The number of oxazole rings is 1. The number of nitrogens with zero attached hydrogens (tertiary/aromatic N) is 2. The molecule has 0 aliphatic carbocycles. The van der Waals surface area contributed by atoms with E-state index in [2.05, 4.69) is 31.2 Å². The van der Waals surface area contributed by atoms with Gasteiger partial charge in [-0.1, -0.05) is 44.2 Å². The first-order valence-corrected chi connectivity index (χ1v) is 13.8. The van der Waals surface area contributed by atoms with Crippen molar-refractivity contribution < 1.29 is 23.6 Å². The maximum absolute atomic E-state index is 13.6.